The van der Waals surface area contributed by atoms with E-state index >= 15 is 0 Å². The minimum Gasteiger partial charge on any atom is -0.494 e. The van der Waals surface area contributed by atoms with Crippen LogP contribution in [0.1, 0.15) is 30.1 Å². The van der Waals surface area contributed by atoms with Gasteiger partial charge >= 0.3 is 0 Å². The van der Waals surface area contributed by atoms with E-state index in [4.69, 9.17) is 9.72 Å². The maximum atomic E-state index is 12.7. The number of nitrogens with one attached hydrogen (secondary N) is 1. The second-order valence-corrected chi connectivity index (χ2v) is 7.37. The van der Waals surface area contributed by atoms with Gasteiger partial charge in [0.25, 0.3) is 5.91 Å². The first kappa shape index (κ1) is 16.9. The van der Waals surface area contributed by atoms with E-state index in [0.717, 1.165) is 39.4 Å². The van der Waals surface area contributed by atoms with Crippen molar-refractivity contribution in [1.82, 2.24) is 10.3 Å². The molecule has 0 unspecified atom stereocenters. The van der Waals surface area contributed by atoms with Crippen molar-refractivity contribution in [3.63, 3.8) is 0 Å². The number of benzene rings is 2. The van der Waals surface area contributed by atoms with E-state index < -0.39 is 0 Å². The lowest BCUT2D eigenvalue weighted by Gasteiger charge is -2.10. The highest BCUT2D eigenvalue weighted by atomic mass is 32.2. The third-order valence-corrected chi connectivity index (χ3v) is 5.13. The normalized spacial score (nSPS) is 13.6. The van der Waals surface area contributed by atoms with Gasteiger partial charge < -0.3 is 10.1 Å². The highest BCUT2D eigenvalue weighted by molar-refractivity contribution is 7.99. The summed E-state index contributed by atoms with van der Waals surface area (Å²) in [5, 5.41) is 4.79. The average molecular weight is 364 g/mol. The van der Waals surface area contributed by atoms with Crippen molar-refractivity contribution in [2.75, 3.05) is 6.61 Å². The molecule has 1 N–H and O–H groups in total. The van der Waals surface area contributed by atoms with E-state index in [1.807, 2.05) is 61.5 Å². The summed E-state index contributed by atoms with van der Waals surface area (Å²) in [6.45, 7) is 2.62. The highest BCUT2D eigenvalue weighted by Gasteiger charge is 2.25. The number of pyridine rings is 1. The number of amides is 1. The van der Waals surface area contributed by atoms with Crippen LogP contribution in [0.3, 0.4) is 0 Å². The second kappa shape index (κ2) is 7.38. The molecule has 1 aliphatic carbocycles. The molecule has 2 aromatic carbocycles. The summed E-state index contributed by atoms with van der Waals surface area (Å²) >= 11 is 1.55. The van der Waals surface area contributed by atoms with Gasteiger partial charge in [-0.25, -0.2) is 4.98 Å². The number of hydrogen-bond donors (Lipinski definition) is 1. The SMILES string of the molecule is CCOc1ccc(Sc2cc(C(=O)NC3CC3)c3ccccc3n2)cc1. The summed E-state index contributed by atoms with van der Waals surface area (Å²) in [6.07, 6.45) is 2.14. The Morgan fingerprint density at radius 3 is 2.69 bits per heavy atom. The van der Waals surface area contributed by atoms with Crippen LogP contribution in [0.2, 0.25) is 0 Å². The Balaban J connectivity index is 1.65. The zero-order valence-electron chi connectivity index (χ0n) is 14.6. The van der Waals surface area contributed by atoms with Crippen LogP contribution in [0, 0.1) is 0 Å². The molecule has 5 heteroatoms. The first-order valence-corrected chi connectivity index (χ1v) is 9.66. The van der Waals surface area contributed by atoms with Crippen molar-refractivity contribution in [3.05, 3.63) is 60.2 Å². The number of carbonyl (C=O) groups excluding carboxylic acids is 1. The molecule has 1 aromatic heterocycles. The monoisotopic (exact) mass is 364 g/mol. The van der Waals surface area contributed by atoms with Gasteiger partial charge in [-0.15, -0.1) is 0 Å². The number of nitrogens with zero attached hydrogens (tertiary/aromatic N) is 1. The van der Waals surface area contributed by atoms with Crippen LogP contribution in [0.5, 0.6) is 5.75 Å². The molecule has 0 saturated heterocycles. The molecule has 1 heterocycles. The van der Waals surface area contributed by atoms with Crippen molar-refractivity contribution < 1.29 is 9.53 Å². The van der Waals surface area contributed by atoms with E-state index in [1.54, 1.807) is 11.8 Å². The molecule has 0 radical (unpaired) electrons. The summed E-state index contributed by atoms with van der Waals surface area (Å²) in [7, 11) is 0. The molecule has 1 amide bonds. The first-order chi connectivity index (χ1) is 12.7. The summed E-state index contributed by atoms with van der Waals surface area (Å²) in [5.74, 6) is 0.840. The summed E-state index contributed by atoms with van der Waals surface area (Å²) < 4.78 is 5.48. The molecule has 0 atom stereocenters. The van der Waals surface area contributed by atoms with Gasteiger partial charge in [-0.2, -0.15) is 0 Å². The van der Waals surface area contributed by atoms with Crippen molar-refractivity contribution >= 4 is 28.6 Å². The van der Waals surface area contributed by atoms with Gasteiger partial charge in [0.05, 0.1) is 17.7 Å². The molecule has 0 aliphatic heterocycles. The zero-order chi connectivity index (χ0) is 17.9. The lowest BCUT2D eigenvalue weighted by atomic mass is 10.1. The molecule has 132 valence electrons. The van der Waals surface area contributed by atoms with Gasteiger partial charge in [0.1, 0.15) is 10.8 Å². The third kappa shape index (κ3) is 3.83. The third-order valence-electron chi connectivity index (χ3n) is 4.21. The Kier molecular flexibility index (Phi) is 4.80. The quantitative estimate of drug-likeness (QED) is 0.690. The van der Waals surface area contributed by atoms with Gasteiger partial charge in [0, 0.05) is 16.3 Å². The lowest BCUT2D eigenvalue weighted by molar-refractivity contribution is 0.0952. The topological polar surface area (TPSA) is 51.2 Å². The van der Waals surface area contributed by atoms with Crippen LogP contribution in [0.4, 0.5) is 0 Å². The molecule has 3 aromatic rings. The van der Waals surface area contributed by atoms with Crippen molar-refractivity contribution in [3.8, 4) is 5.75 Å². The standard InChI is InChI=1S/C21H20N2O2S/c1-2-25-15-9-11-16(12-10-15)26-20-13-18(21(24)22-14-7-8-14)17-5-3-4-6-19(17)23-20/h3-6,9-14H,2,7-8H2,1H3,(H,22,24). The number of fused-ring (bicyclic) bond motifs is 1. The van der Waals surface area contributed by atoms with E-state index in [9.17, 15) is 4.79 Å². The summed E-state index contributed by atoms with van der Waals surface area (Å²) in [6, 6.07) is 17.9. The molecular weight excluding hydrogens is 344 g/mol. The molecular formula is C21H20N2O2S. The van der Waals surface area contributed by atoms with E-state index in [0.29, 0.717) is 18.2 Å². The number of hydrogen-bond acceptors (Lipinski definition) is 4. The maximum absolute atomic E-state index is 12.7. The molecule has 4 nitrogen and oxygen atoms in total. The fraction of sp³-hybridized carbons (Fsp3) is 0.238. The van der Waals surface area contributed by atoms with Crippen LogP contribution in [-0.4, -0.2) is 23.5 Å². The highest BCUT2D eigenvalue weighted by Crippen LogP contribution is 2.31. The Bertz CT molecular complexity index is 936. The predicted octanol–water partition coefficient (Wildman–Crippen LogP) is 4.68. The number of ether oxygens (including phenoxy) is 1. The first-order valence-electron chi connectivity index (χ1n) is 8.84. The molecule has 1 fully saturated rings. The van der Waals surface area contributed by atoms with Gasteiger partial charge in [0.15, 0.2) is 0 Å². The lowest BCUT2D eigenvalue weighted by Crippen LogP contribution is -2.25. The minimum atomic E-state index is -0.0142. The van der Waals surface area contributed by atoms with Crippen molar-refractivity contribution in [2.45, 2.75) is 35.7 Å². The number of aromatic nitrogens is 1. The second-order valence-electron chi connectivity index (χ2n) is 6.28. The Morgan fingerprint density at radius 1 is 1.19 bits per heavy atom. The van der Waals surface area contributed by atoms with E-state index in [2.05, 4.69) is 5.32 Å². The van der Waals surface area contributed by atoms with Gasteiger partial charge in [-0.3, -0.25) is 4.79 Å². The van der Waals surface area contributed by atoms with Crippen molar-refractivity contribution in [2.24, 2.45) is 0 Å². The summed E-state index contributed by atoms with van der Waals surface area (Å²) in [4.78, 5) is 18.4. The zero-order valence-corrected chi connectivity index (χ0v) is 15.4. The molecule has 26 heavy (non-hydrogen) atoms. The van der Waals surface area contributed by atoms with Crippen molar-refractivity contribution in [1.29, 1.82) is 0 Å². The molecule has 1 saturated carbocycles. The number of para-hydroxylation sites is 1. The van der Waals surface area contributed by atoms with Crippen LogP contribution < -0.4 is 10.1 Å². The Hall–Kier alpha value is -2.53. The van der Waals surface area contributed by atoms with Crippen LogP contribution in [0.25, 0.3) is 10.9 Å². The van der Waals surface area contributed by atoms with Crippen LogP contribution >= 0.6 is 11.8 Å². The van der Waals surface area contributed by atoms with Crippen LogP contribution in [-0.2, 0) is 0 Å². The fourth-order valence-electron chi connectivity index (χ4n) is 2.77. The molecule has 0 spiro atoms. The number of rotatable bonds is 6. The largest absolute Gasteiger partial charge is 0.494 e. The van der Waals surface area contributed by atoms with Gasteiger partial charge in [-0.05, 0) is 56.2 Å². The van der Waals surface area contributed by atoms with E-state index in [1.165, 1.54) is 0 Å². The van der Waals surface area contributed by atoms with Gasteiger partial charge in [-0.1, -0.05) is 30.0 Å². The average Bonchev–Trinajstić information content (AvgIpc) is 3.47. The van der Waals surface area contributed by atoms with Crippen LogP contribution in [0.15, 0.2) is 64.5 Å². The van der Waals surface area contributed by atoms with Gasteiger partial charge in [0.2, 0.25) is 0 Å². The summed E-state index contributed by atoms with van der Waals surface area (Å²) in [5.41, 5.74) is 1.53. The smallest absolute Gasteiger partial charge is 0.252 e. The molecule has 0 bridgehead atoms. The fourth-order valence-corrected chi connectivity index (χ4v) is 3.61. The maximum Gasteiger partial charge on any atom is 0.252 e. The van der Waals surface area contributed by atoms with E-state index in [-0.39, 0.29) is 5.91 Å². The Labute approximate surface area is 157 Å². The Morgan fingerprint density at radius 2 is 1.96 bits per heavy atom. The number of carbonyl (C=O) groups is 1. The molecule has 4 rings (SSSR count). The molecule has 1 aliphatic rings. The predicted molar refractivity (Wildman–Crippen MR) is 104 cm³/mol. The minimum absolute atomic E-state index is 0.0142.